The van der Waals surface area contributed by atoms with Gasteiger partial charge >= 0.3 is 0 Å². The molecule has 1 unspecified atom stereocenters. The number of ether oxygens (including phenoxy) is 2. The predicted octanol–water partition coefficient (Wildman–Crippen LogP) is 1.12. The third kappa shape index (κ3) is 5.28. The third-order valence-corrected chi connectivity index (χ3v) is 4.44. The number of hydrogen-bond acceptors (Lipinski definition) is 5. The summed E-state index contributed by atoms with van der Waals surface area (Å²) in [6, 6.07) is 4.80. The van der Waals surface area contributed by atoms with Crippen LogP contribution in [0.3, 0.4) is 0 Å². The molecule has 0 fully saturated rings. The van der Waals surface area contributed by atoms with E-state index in [1.165, 1.54) is 7.11 Å². The minimum absolute atomic E-state index is 0.140. The normalized spacial score (nSPS) is 13.1. The summed E-state index contributed by atoms with van der Waals surface area (Å²) in [5, 5.41) is 2.99. The van der Waals surface area contributed by atoms with Gasteiger partial charge in [-0.1, -0.05) is 6.07 Å². The quantitative estimate of drug-likeness (QED) is 0.714. The van der Waals surface area contributed by atoms with Crippen LogP contribution < -0.4 is 14.8 Å². The van der Waals surface area contributed by atoms with E-state index in [0.29, 0.717) is 25.5 Å². The Balaban J connectivity index is 3.02. The first-order chi connectivity index (χ1) is 9.94. The van der Waals surface area contributed by atoms with Crippen LogP contribution in [0, 0.1) is 0 Å². The molecule has 0 amide bonds. The second kappa shape index (κ2) is 8.33. The van der Waals surface area contributed by atoms with Crippen LogP contribution in [-0.2, 0) is 21.3 Å². The summed E-state index contributed by atoms with van der Waals surface area (Å²) in [6.45, 7) is 5.09. The molecule has 0 aliphatic heterocycles. The van der Waals surface area contributed by atoms with E-state index in [9.17, 15) is 8.42 Å². The molecule has 1 rings (SSSR count). The van der Waals surface area contributed by atoms with Gasteiger partial charge in [0.05, 0.1) is 13.7 Å². The number of rotatable bonds is 9. The second-order valence-electron chi connectivity index (χ2n) is 4.70. The van der Waals surface area contributed by atoms with Crippen molar-refractivity contribution in [3.63, 3.8) is 0 Å². The third-order valence-electron chi connectivity index (χ3n) is 2.83. The molecule has 1 aromatic rings. The van der Waals surface area contributed by atoms with Gasteiger partial charge in [0, 0.05) is 19.2 Å². The van der Waals surface area contributed by atoms with E-state index in [-0.39, 0.29) is 10.9 Å². The van der Waals surface area contributed by atoms with Crippen molar-refractivity contribution in [2.24, 2.45) is 0 Å². The monoisotopic (exact) mass is 316 g/mol. The summed E-state index contributed by atoms with van der Waals surface area (Å²) in [5.74, 6) is 0.325. The standard InChI is InChI=1S/C14H24N2O4S/c1-5-20-10-11(2)16-21(17,18)14-8-12(9-15-3)6-7-13(14)19-4/h6-8,11,15-16H,5,9-10H2,1-4H3. The summed E-state index contributed by atoms with van der Waals surface area (Å²) in [6.07, 6.45) is 0. The van der Waals surface area contributed by atoms with Crippen LogP contribution in [0.1, 0.15) is 19.4 Å². The first-order valence-corrected chi connectivity index (χ1v) is 8.34. The van der Waals surface area contributed by atoms with Crippen molar-refractivity contribution >= 4 is 10.0 Å². The lowest BCUT2D eigenvalue weighted by Gasteiger charge is -2.16. The molecule has 2 N–H and O–H groups in total. The largest absolute Gasteiger partial charge is 0.495 e. The average Bonchev–Trinajstić information content (AvgIpc) is 2.45. The lowest BCUT2D eigenvalue weighted by Crippen LogP contribution is -2.36. The average molecular weight is 316 g/mol. The molecule has 1 atom stereocenters. The molecule has 6 nitrogen and oxygen atoms in total. The number of hydrogen-bond donors (Lipinski definition) is 2. The summed E-state index contributed by atoms with van der Waals surface area (Å²) < 4.78 is 37.9. The minimum atomic E-state index is -3.66. The summed E-state index contributed by atoms with van der Waals surface area (Å²) in [5.41, 5.74) is 0.871. The van der Waals surface area contributed by atoms with E-state index in [0.717, 1.165) is 5.56 Å². The van der Waals surface area contributed by atoms with Gasteiger partial charge in [0.1, 0.15) is 10.6 Å². The Labute approximate surface area is 126 Å². The molecule has 0 saturated carbocycles. The van der Waals surface area contributed by atoms with Gasteiger partial charge in [-0.25, -0.2) is 13.1 Å². The Hall–Kier alpha value is -1.15. The molecule has 0 aliphatic rings. The van der Waals surface area contributed by atoms with E-state index < -0.39 is 10.0 Å². The maximum absolute atomic E-state index is 12.5. The molecule has 0 aromatic heterocycles. The number of methoxy groups -OCH3 is 1. The number of sulfonamides is 1. The first kappa shape index (κ1) is 17.9. The van der Waals surface area contributed by atoms with E-state index in [2.05, 4.69) is 10.0 Å². The number of nitrogens with one attached hydrogen (secondary N) is 2. The van der Waals surface area contributed by atoms with Gasteiger partial charge in [-0.3, -0.25) is 0 Å². The molecule has 0 saturated heterocycles. The SMILES string of the molecule is CCOCC(C)NS(=O)(=O)c1cc(CNC)ccc1OC. The molecule has 0 aliphatic carbocycles. The fraction of sp³-hybridized carbons (Fsp3) is 0.571. The van der Waals surface area contributed by atoms with Crippen LogP contribution in [0.25, 0.3) is 0 Å². The van der Waals surface area contributed by atoms with Crippen molar-refractivity contribution in [2.75, 3.05) is 27.4 Å². The molecular weight excluding hydrogens is 292 g/mol. The maximum atomic E-state index is 12.5. The highest BCUT2D eigenvalue weighted by atomic mass is 32.2. The van der Waals surface area contributed by atoms with Crippen LogP contribution in [0.2, 0.25) is 0 Å². The first-order valence-electron chi connectivity index (χ1n) is 6.86. The Bertz CT molecular complexity index is 546. The molecule has 120 valence electrons. The van der Waals surface area contributed by atoms with E-state index in [4.69, 9.17) is 9.47 Å². The molecule has 1 aromatic carbocycles. The van der Waals surface area contributed by atoms with Crippen molar-refractivity contribution in [1.82, 2.24) is 10.0 Å². The van der Waals surface area contributed by atoms with Crippen LogP contribution in [0.4, 0.5) is 0 Å². The van der Waals surface area contributed by atoms with Crippen molar-refractivity contribution in [1.29, 1.82) is 0 Å². The van der Waals surface area contributed by atoms with E-state index in [1.54, 1.807) is 26.1 Å². The zero-order chi connectivity index (χ0) is 15.9. The van der Waals surface area contributed by atoms with Crippen molar-refractivity contribution < 1.29 is 17.9 Å². The van der Waals surface area contributed by atoms with E-state index in [1.807, 2.05) is 13.0 Å². The highest BCUT2D eigenvalue weighted by Gasteiger charge is 2.22. The van der Waals surface area contributed by atoms with Crippen molar-refractivity contribution in [2.45, 2.75) is 31.3 Å². The molecule has 0 spiro atoms. The van der Waals surface area contributed by atoms with Gasteiger partial charge in [0.25, 0.3) is 0 Å². The molecule has 7 heteroatoms. The Morgan fingerprint density at radius 3 is 2.62 bits per heavy atom. The Kier molecular flexibility index (Phi) is 7.10. The predicted molar refractivity (Wildman–Crippen MR) is 82.0 cm³/mol. The second-order valence-corrected chi connectivity index (χ2v) is 6.38. The zero-order valence-electron chi connectivity index (χ0n) is 13.0. The Morgan fingerprint density at radius 1 is 1.33 bits per heavy atom. The van der Waals surface area contributed by atoms with Crippen LogP contribution in [0.15, 0.2) is 23.1 Å². The Morgan fingerprint density at radius 2 is 2.05 bits per heavy atom. The number of benzene rings is 1. The van der Waals surface area contributed by atoms with Gasteiger partial charge < -0.3 is 14.8 Å². The molecule has 0 bridgehead atoms. The van der Waals surface area contributed by atoms with Crippen LogP contribution in [-0.4, -0.2) is 41.8 Å². The zero-order valence-corrected chi connectivity index (χ0v) is 13.8. The summed E-state index contributed by atoms with van der Waals surface area (Å²) in [4.78, 5) is 0.140. The van der Waals surface area contributed by atoms with Gasteiger partial charge in [0.2, 0.25) is 10.0 Å². The lowest BCUT2D eigenvalue weighted by atomic mass is 10.2. The van der Waals surface area contributed by atoms with Gasteiger partial charge in [-0.2, -0.15) is 0 Å². The molecule has 21 heavy (non-hydrogen) atoms. The van der Waals surface area contributed by atoms with Gasteiger partial charge in [0.15, 0.2) is 0 Å². The topological polar surface area (TPSA) is 76.7 Å². The smallest absolute Gasteiger partial charge is 0.244 e. The minimum Gasteiger partial charge on any atom is -0.495 e. The molecule has 0 radical (unpaired) electrons. The van der Waals surface area contributed by atoms with Gasteiger partial charge in [-0.05, 0) is 38.6 Å². The van der Waals surface area contributed by atoms with Crippen LogP contribution in [0.5, 0.6) is 5.75 Å². The van der Waals surface area contributed by atoms with Crippen LogP contribution >= 0.6 is 0 Å². The highest BCUT2D eigenvalue weighted by molar-refractivity contribution is 7.89. The summed E-state index contributed by atoms with van der Waals surface area (Å²) >= 11 is 0. The maximum Gasteiger partial charge on any atom is 0.244 e. The van der Waals surface area contributed by atoms with Gasteiger partial charge in [-0.15, -0.1) is 0 Å². The molecule has 0 heterocycles. The lowest BCUT2D eigenvalue weighted by molar-refractivity contribution is 0.133. The van der Waals surface area contributed by atoms with Crippen molar-refractivity contribution in [3.05, 3.63) is 23.8 Å². The van der Waals surface area contributed by atoms with E-state index >= 15 is 0 Å². The molecular formula is C14H24N2O4S. The summed E-state index contributed by atoms with van der Waals surface area (Å²) in [7, 11) is -0.396. The highest BCUT2D eigenvalue weighted by Crippen LogP contribution is 2.25. The fourth-order valence-electron chi connectivity index (χ4n) is 1.90. The fourth-order valence-corrected chi connectivity index (χ4v) is 3.35. The van der Waals surface area contributed by atoms with Crippen molar-refractivity contribution in [3.8, 4) is 5.75 Å².